The van der Waals surface area contributed by atoms with Gasteiger partial charge in [0.2, 0.25) is 0 Å². The van der Waals surface area contributed by atoms with Crippen LogP contribution in [-0.4, -0.2) is 19.4 Å². The Bertz CT molecular complexity index is 595. The Hall–Kier alpha value is -2.29. The second-order valence-electron chi connectivity index (χ2n) is 4.65. The van der Waals surface area contributed by atoms with E-state index in [2.05, 4.69) is 17.4 Å². The van der Waals surface area contributed by atoms with Crippen molar-refractivity contribution >= 4 is 12.0 Å². The van der Waals surface area contributed by atoms with Crippen LogP contribution in [0.2, 0.25) is 0 Å². The maximum atomic E-state index is 11.3. The summed E-state index contributed by atoms with van der Waals surface area (Å²) in [5, 5.41) is 3.26. The quantitative estimate of drug-likeness (QED) is 0.855. The molecule has 0 unspecified atom stereocenters. The van der Waals surface area contributed by atoms with E-state index < -0.39 is 0 Å². The van der Waals surface area contributed by atoms with Gasteiger partial charge >= 0.3 is 0 Å². The number of hydrogen-bond acceptors (Lipinski definition) is 3. The number of hydrogen-bond donors (Lipinski definition) is 1. The van der Waals surface area contributed by atoms with Gasteiger partial charge in [-0.1, -0.05) is 30.3 Å². The van der Waals surface area contributed by atoms with Crippen LogP contribution in [0.1, 0.15) is 17.0 Å². The van der Waals surface area contributed by atoms with E-state index in [1.54, 1.807) is 7.11 Å². The van der Waals surface area contributed by atoms with Crippen LogP contribution in [-0.2, 0) is 4.79 Å². The molecule has 0 saturated heterocycles. The number of benzene rings is 2. The molecule has 1 aliphatic heterocycles. The number of anilines is 1. The summed E-state index contributed by atoms with van der Waals surface area (Å²) in [7, 11) is 1.65. The van der Waals surface area contributed by atoms with Crippen LogP contribution >= 0.6 is 0 Å². The normalized spacial score (nSPS) is 20.5. The molecule has 2 atom stereocenters. The van der Waals surface area contributed by atoms with Crippen LogP contribution in [0, 0.1) is 0 Å². The van der Waals surface area contributed by atoms with E-state index in [4.69, 9.17) is 4.74 Å². The lowest BCUT2D eigenvalue weighted by Crippen LogP contribution is -2.22. The molecule has 96 valence electrons. The van der Waals surface area contributed by atoms with Crippen LogP contribution < -0.4 is 10.1 Å². The molecule has 2 aromatic rings. The highest BCUT2D eigenvalue weighted by molar-refractivity contribution is 5.76. The highest BCUT2D eigenvalue weighted by Gasteiger charge is 2.33. The number of methoxy groups -OCH3 is 1. The van der Waals surface area contributed by atoms with Crippen molar-refractivity contribution in [3.05, 3.63) is 59.7 Å². The topological polar surface area (TPSA) is 38.3 Å². The number of rotatable bonds is 3. The maximum Gasteiger partial charge on any atom is 0.143 e. The summed E-state index contributed by atoms with van der Waals surface area (Å²) in [4.78, 5) is 11.3. The zero-order valence-electron chi connectivity index (χ0n) is 10.7. The minimum atomic E-state index is -0.218. The standard InChI is InChI=1S/C16H15NO2/c1-19-12-7-8-14-13(9-12)16(15(10-18)17-14)11-5-3-2-4-6-11/h2-10,15-17H,1H3/t15-,16-/m0/s1. The van der Waals surface area contributed by atoms with E-state index in [0.717, 1.165) is 28.8 Å². The Kier molecular flexibility index (Phi) is 2.95. The molecular weight excluding hydrogens is 238 g/mol. The molecule has 3 nitrogen and oxygen atoms in total. The second kappa shape index (κ2) is 4.76. The van der Waals surface area contributed by atoms with E-state index >= 15 is 0 Å². The van der Waals surface area contributed by atoms with E-state index in [0.29, 0.717) is 0 Å². The van der Waals surface area contributed by atoms with Crippen molar-refractivity contribution in [1.82, 2.24) is 0 Å². The van der Waals surface area contributed by atoms with Crippen molar-refractivity contribution in [2.45, 2.75) is 12.0 Å². The van der Waals surface area contributed by atoms with Crippen molar-refractivity contribution in [2.75, 3.05) is 12.4 Å². The third-order valence-electron chi connectivity index (χ3n) is 3.58. The van der Waals surface area contributed by atoms with E-state index in [-0.39, 0.29) is 12.0 Å². The Morgan fingerprint density at radius 1 is 1.16 bits per heavy atom. The van der Waals surface area contributed by atoms with Gasteiger partial charge in [-0.15, -0.1) is 0 Å². The first kappa shape index (κ1) is 11.8. The smallest absolute Gasteiger partial charge is 0.143 e. The summed E-state index contributed by atoms with van der Waals surface area (Å²) < 4.78 is 5.28. The highest BCUT2D eigenvalue weighted by Crippen LogP contribution is 2.41. The predicted octanol–water partition coefficient (Wildman–Crippen LogP) is 2.82. The van der Waals surface area contributed by atoms with Gasteiger partial charge in [0, 0.05) is 11.6 Å². The average molecular weight is 253 g/mol. The van der Waals surface area contributed by atoms with Crippen LogP contribution in [0.15, 0.2) is 48.5 Å². The Morgan fingerprint density at radius 2 is 1.95 bits per heavy atom. The van der Waals surface area contributed by atoms with Gasteiger partial charge in [-0.2, -0.15) is 0 Å². The first-order valence-electron chi connectivity index (χ1n) is 6.28. The van der Waals surface area contributed by atoms with Gasteiger partial charge in [-0.3, -0.25) is 0 Å². The lowest BCUT2D eigenvalue weighted by atomic mass is 9.88. The fourth-order valence-electron chi connectivity index (χ4n) is 2.67. The van der Waals surface area contributed by atoms with Crippen LogP contribution in [0.4, 0.5) is 5.69 Å². The molecule has 0 saturated carbocycles. The molecule has 1 N–H and O–H groups in total. The van der Waals surface area contributed by atoms with Gasteiger partial charge in [0.15, 0.2) is 0 Å². The first-order chi connectivity index (χ1) is 9.33. The number of carbonyl (C=O) groups excluding carboxylic acids is 1. The predicted molar refractivity (Wildman–Crippen MR) is 74.8 cm³/mol. The van der Waals surface area contributed by atoms with Gasteiger partial charge in [0.05, 0.1) is 13.2 Å². The molecule has 3 rings (SSSR count). The van der Waals surface area contributed by atoms with Crippen molar-refractivity contribution in [2.24, 2.45) is 0 Å². The maximum absolute atomic E-state index is 11.3. The fourth-order valence-corrected chi connectivity index (χ4v) is 2.67. The minimum absolute atomic E-state index is 0.0452. The summed E-state index contributed by atoms with van der Waals surface area (Å²) in [6.07, 6.45) is 0.976. The summed E-state index contributed by atoms with van der Waals surface area (Å²) in [6, 6.07) is 15.7. The number of aldehydes is 1. The molecule has 0 radical (unpaired) electrons. The Balaban J connectivity index is 2.10. The van der Waals surface area contributed by atoms with E-state index in [1.165, 1.54) is 0 Å². The lowest BCUT2D eigenvalue weighted by molar-refractivity contribution is -0.108. The van der Waals surface area contributed by atoms with Crippen molar-refractivity contribution < 1.29 is 9.53 Å². The molecule has 3 heteroatoms. The molecule has 0 fully saturated rings. The molecule has 0 spiro atoms. The van der Waals surface area contributed by atoms with Crippen LogP contribution in [0.5, 0.6) is 5.75 Å². The van der Waals surface area contributed by atoms with Gasteiger partial charge in [0.25, 0.3) is 0 Å². The zero-order chi connectivity index (χ0) is 13.2. The second-order valence-corrected chi connectivity index (χ2v) is 4.65. The van der Waals surface area contributed by atoms with Gasteiger partial charge in [0.1, 0.15) is 12.0 Å². The summed E-state index contributed by atoms with van der Waals surface area (Å²) in [5.74, 6) is 0.858. The Morgan fingerprint density at radius 3 is 2.63 bits per heavy atom. The zero-order valence-corrected chi connectivity index (χ0v) is 10.7. The number of fused-ring (bicyclic) bond motifs is 1. The van der Waals surface area contributed by atoms with Gasteiger partial charge < -0.3 is 14.8 Å². The molecule has 0 aromatic heterocycles. The fraction of sp³-hybridized carbons (Fsp3) is 0.188. The molecule has 0 amide bonds. The lowest BCUT2D eigenvalue weighted by Gasteiger charge is -2.15. The Labute approximate surface area is 112 Å². The number of carbonyl (C=O) groups is 1. The molecule has 1 heterocycles. The van der Waals surface area contributed by atoms with Crippen molar-refractivity contribution in [3.8, 4) is 5.75 Å². The molecule has 2 aromatic carbocycles. The van der Waals surface area contributed by atoms with E-state index in [9.17, 15) is 4.79 Å². The largest absolute Gasteiger partial charge is 0.497 e. The molecule has 1 aliphatic rings. The van der Waals surface area contributed by atoms with Gasteiger partial charge in [-0.25, -0.2) is 0 Å². The summed E-state index contributed by atoms with van der Waals surface area (Å²) >= 11 is 0. The van der Waals surface area contributed by atoms with E-state index in [1.807, 2.05) is 36.4 Å². The molecule has 19 heavy (non-hydrogen) atoms. The summed E-state index contributed by atoms with van der Waals surface area (Å²) in [5.41, 5.74) is 3.26. The van der Waals surface area contributed by atoms with Gasteiger partial charge in [-0.05, 0) is 29.3 Å². The third-order valence-corrected chi connectivity index (χ3v) is 3.58. The SMILES string of the molecule is COc1ccc2c(c1)[C@H](c1ccccc1)[C@H](C=O)N2. The first-order valence-corrected chi connectivity index (χ1v) is 6.28. The molecular formula is C16H15NO2. The molecule has 0 bridgehead atoms. The monoisotopic (exact) mass is 253 g/mol. The number of ether oxygens (including phenoxy) is 1. The highest BCUT2D eigenvalue weighted by atomic mass is 16.5. The van der Waals surface area contributed by atoms with Crippen molar-refractivity contribution in [1.29, 1.82) is 0 Å². The summed E-state index contributed by atoms with van der Waals surface area (Å²) in [6.45, 7) is 0. The third kappa shape index (κ3) is 1.97. The van der Waals surface area contributed by atoms with Crippen LogP contribution in [0.25, 0.3) is 0 Å². The van der Waals surface area contributed by atoms with Crippen molar-refractivity contribution in [3.63, 3.8) is 0 Å². The van der Waals surface area contributed by atoms with Crippen LogP contribution in [0.3, 0.4) is 0 Å². The number of nitrogens with one attached hydrogen (secondary N) is 1. The minimum Gasteiger partial charge on any atom is -0.497 e. The average Bonchev–Trinajstić information content (AvgIpc) is 2.85. The molecule has 0 aliphatic carbocycles.